The lowest BCUT2D eigenvalue weighted by atomic mass is 10.1. The number of unbranched alkanes of at least 4 members (excludes halogenated alkanes) is 10. The van der Waals surface area contributed by atoms with Crippen LogP contribution in [0, 0.1) is 5.21 Å². The largest absolute Gasteiger partial charge is 0.734 e. The van der Waals surface area contributed by atoms with Gasteiger partial charge >= 0.3 is 5.97 Å². The minimum absolute atomic E-state index is 0.0128. The topological polar surface area (TPSA) is 83.8 Å². The van der Waals surface area contributed by atoms with E-state index in [1.165, 1.54) is 25.7 Å². The van der Waals surface area contributed by atoms with E-state index in [0.29, 0.717) is 12.1 Å². The van der Waals surface area contributed by atoms with Gasteiger partial charge in [0.2, 0.25) is 0 Å². The first-order chi connectivity index (χ1) is 11.1. The molecule has 0 unspecified atom stereocenters. The van der Waals surface area contributed by atoms with Gasteiger partial charge in [-0.2, -0.15) is 0 Å². The molecule has 0 aliphatic heterocycles. The number of carboxylic acid groups (broad SMARTS) is 1. The Hall–Kier alpha value is -1.07. The molecule has 0 bridgehead atoms. The van der Waals surface area contributed by atoms with Gasteiger partial charge in [0, 0.05) is 12.1 Å². The van der Waals surface area contributed by atoms with Crippen LogP contribution in [0.2, 0.25) is 0 Å². The Bertz CT molecular complexity index is 316. The number of rotatable bonds is 16. The molecular formula is C18H34NO4-. The monoisotopic (exact) mass is 328 g/mol. The Morgan fingerprint density at radius 2 is 1.43 bits per heavy atom. The van der Waals surface area contributed by atoms with Crippen LogP contribution in [0.25, 0.3) is 0 Å². The zero-order valence-corrected chi connectivity index (χ0v) is 14.6. The third-order valence-corrected chi connectivity index (χ3v) is 4.01. The normalized spacial score (nSPS) is 11.7. The molecule has 136 valence electrons. The molecular weight excluding hydrogens is 294 g/mol. The first-order valence-electron chi connectivity index (χ1n) is 9.15. The Labute approximate surface area is 140 Å². The number of carboxylic acids is 1. The molecule has 0 aromatic carbocycles. The molecule has 0 atom stereocenters. The van der Waals surface area contributed by atoms with Gasteiger partial charge in [0.25, 0.3) is 0 Å². The predicted molar refractivity (Wildman–Crippen MR) is 93.0 cm³/mol. The summed E-state index contributed by atoms with van der Waals surface area (Å²) < 4.78 is 0. The van der Waals surface area contributed by atoms with Crippen LogP contribution in [0.1, 0.15) is 96.8 Å². The average Bonchev–Trinajstić information content (AvgIpc) is 2.50. The van der Waals surface area contributed by atoms with E-state index in [-0.39, 0.29) is 11.6 Å². The molecule has 0 amide bonds. The summed E-state index contributed by atoms with van der Waals surface area (Å²) in [6, 6.07) is 0. The van der Waals surface area contributed by atoms with Crippen LogP contribution < -0.4 is 0 Å². The molecule has 5 nitrogen and oxygen atoms in total. The molecule has 0 fully saturated rings. The van der Waals surface area contributed by atoms with Crippen molar-refractivity contribution >= 4 is 5.97 Å². The minimum Gasteiger partial charge on any atom is -0.734 e. The lowest BCUT2D eigenvalue weighted by Gasteiger charge is -2.25. The Morgan fingerprint density at radius 3 is 2.00 bits per heavy atom. The first-order valence-corrected chi connectivity index (χ1v) is 9.15. The maximum atomic E-state index is 11.1. The second-order valence-corrected chi connectivity index (χ2v) is 6.19. The van der Waals surface area contributed by atoms with Gasteiger partial charge in [-0.15, -0.1) is 0 Å². The van der Waals surface area contributed by atoms with Gasteiger partial charge in [-0.1, -0.05) is 64.4 Å². The Kier molecular flexibility index (Phi) is 15.1. The average molecular weight is 328 g/mol. The summed E-state index contributed by atoms with van der Waals surface area (Å²) in [5.74, 6) is -0.731. The number of hydrogen-bond acceptors (Lipinski definition) is 4. The second kappa shape index (κ2) is 15.8. The molecule has 0 aliphatic rings. The van der Waals surface area contributed by atoms with E-state index in [9.17, 15) is 10.0 Å². The van der Waals surface area contributed by atoms with Crippen LogP contribution in [0.4, 0.5) is 0 Å². The van der Waals surface area contributed by atoms with E-state index < -0.39 is 5.97 Å². The van der Waals surface area contributed by atoms with Crippen molar-refractivity contribution in [3.63, 3.8) is 0 Å². The summed E-state index contributed by atoms with van der Waals surface area (Å²) in [5, 5.41) is 28.8. The SMILES string of the molecule is CCCCCCCCC(=CCCCCCCCC(=O)O)N([O-])O. The van der Waals surface area contributed by atoms with Crippen LogP contribution >= 0.6 is 0 Å². The molecule has 0 aromatic rings. The number of nitrogens with zero attached hydrogens (tertiary/aromatic N) is 1. The molecule has 23 heavy (non-hydrogen) atoms. The molecule has 0 radical (unpaired) electrons. The van der Waals surface area contributed by atoms with Crippen LogP contribution in [-0.4, -0.2) is 21.5 Å². The predicted octanol–water partition coefficient (Wildman–Crippen LogP) is 5.63. The van der Waals surface area contributed by atoms with Crippen molar-refractivity contribution in [1.82, 2.24) is 5.23 Å². The summed E-state index contributed by atoms with van der Waals surface area (Å²) in [4.78, 5) is 10.4. The quantitative estimate of drug-likeness (QED) is 0.283. The third-order valence-electron chi connectivity index (χ3n) is 4.01. The number of allylic oxidation sites excluding steroid dienone is 2. The number of hydroxylamine groups is 2. The Balaban J connectivity index is 3.67. The molecule has 0 aliphatic carbocycles. The smallest absolute Gasteiger partial charge is 0.303 e. The van der Waals surface area contributed by atoms with Gasteiger partial charge in [0.05, 0.1) is 0 Å². The summed E-state index contributed by atoms with van der Waals surface area (Å²) >= 11 is 0. The van der Waals surface area contributed by atoms with E-state index in [4.69, 9.17) is 10.3 Å². The molecule has 0 rings (SSSR count). The highest BCUT2D eigenvalue weighted by Crippen LogP contribution is 2.16. The van der Waals surface area contributed by atoms with Gasteiger partial charge < -0.3 is 15.5 Å². The minimum atomic E-state index is -0.731. The Morgan fingerprint density at radius 1 is 0.913 bits per heavy atom. The van der Waals surface area contributed by atoms with Crippen molar-refractivity contribution in [3.8, 4) is 0 Å². The van der Waals surface area contributed by atoms with E-state index in [1.54, 1.807) is 0 Å². The zero-order valence-electron chi connectivity index (χ0n) is 14.6. The third kappa shape index (κ3) is 15.6. The first kappa shape index (κ1) is 21.9. The maximum absolute atomic E-state index is 11.1. The molecule has 2 N–H and O–H groups in total. The van der Waals surface area contributed by atoms with Crippen LogP contribution in [0.3, 0.4) is 0 Å². The van der Waals surface area contributed by atoms with Gasteiger partial charge in [-0.05, 0) is 32.1 Å². The van der Waals surface area contributed by atoms with Crippen molar-refractivity contribution in [2.45, 2.75) is 96.8 Å². The molecule has 5 heteroatoms. The van der Waals surface area contributed by atoms with E-state index in [1.807, 2.05) is 6.08 Å². The van der Waals surface area contributed by atoms with E-state index in [2.05, 4.69) is 6.92 Å². The summed E-state index contributed by atoms with van der Waals surface area (Å²) in [5.41, 5.74) is 0.478. The zero-order chi connectivity index (χ0) is 17.3. The molecule has 0 heterocycles. The van der Waals surface area contributed by atoms with Crippen LogP contribution in [0.15, 0.2) is 11.8 Å². The van der Waals surface area contributed by atoms with Crippen LogP contribution in [-0.2, 0) is 4.79 Å². The van der Waals surface area contributed by atoms with Crippen molar-refractivity contribution in [3.05, 3.63) is 17.0 Å². The highest BCUT2D eigenvalue weighted by Gasteiger charge is 1.99. The number of carbonyl (C=O) groups is 1. The molecule has 0 aromatic heterocycles. The van der Waals surface area contributed by atoms with E-state index in [0.717, 1.165) is 51.4 Å². The van der Waals surface area contributed by atoms with Crippen molar-refractivity contribution in [2.75, 3.05) is 0 Å². The van der Waals surface area contributed by atoms with Gasteiger partial charge in [0.1, 0.15) is 0 Å². The highest BCUT2D eigenvalue weighted by molar-refractivity contribution is 5.66. The van der Waals surface area contributed by atoms with Crippen molar-refractivity contribution in [2.24, 2.45) is 0 Å². The highest BCUT2D eigenvalue weighted by atomic mass is 16.8. The van der Waals surface area contributed by atoms with E-state index >= 15 is 0 Å². The number of hydrogen-bond donors (Lipinski definition) is 2. The van der Waals surface area contributed by atoms with Gasteiger partial charge in [-0.25, -0.2) is 0 Å². The molecule has 0 saturated carbocycles. The fourth-order valence-corrected chi connectivity index (χ4v) is 2.58. The fraction of sp³-hybridized carbons (Fsp3) is 0.833. The fourth-order valence-electron chi connectivity index (χ4n) is 2.58. The van der Waals surface area contributed by atoms with Crippen molar-refractivity contribution in [1.29, 1.82) is 0 Å². The lowest BCUT2D eigenvalue weighted by Crippen LogP contribution is -2.09. The summed E-state index contributed by atoms with van der Waals surface area (Å²) in [6.07, 6.45) is 15.2. The van der Waals surface area contributed by atoms with Crippen molar-refractivity contribution < 1.29 is 15.1 Å². The number of aliphatic carboxylic acids is 1. The standard InChI is InChI=1S/C18H34NO4/c1-2-3-4-5-8-11-14-17(19(22)23)15-12-9-6-7-10-13-16-18(20)21/h15,22H,2-14,16H2,1H3,(H,20,21)/q-1. The second-order valence-electron chi connectivity index (χ2n) is 6.19. The molecule has 0 spiro atoms. The maximum Gasteiger partial charge on any atom is 0.303 e. The lowest BCUT2D eigenvalue weighted by molar-refractivity contribution is -0.137. The van der Waals surface area contributed by atoms with Crippen LogP contribution in [0.5, 0.6) is 0 Å². The summed E-state index contributed by atoms with van der Waals surface area (Å²) in [7, 11) is 0. The van der Waals surface area contributed by atoms with Gasteiger partial charge in [-0.3, -0.25) is 10.0 Å². The summed E-state index contributed by atoms with van der Waals surface area (Å²) in [6.45, 7) is 2.19. The van der Waals surface area contributed by atoms with Gasteiger partial charge in [0.15, 0.2) is 0 Å². The molecule has 0 saturated heterocycles.